The van der Waals surface area contributed by atoms with Crippen molar-refractivity contribution >= 4 is 22.7 Å². The van der Waals surface area contributed by atoms with Gasteiger partial charge >= 0.3 is 0 Å². The highest BCUT2D eigenvalue weighted by Gasteiger charge is 2.28. The largest absolute Gasteiger partial charge is 0.313 e. The zero-order chi connectivity index (χ0) is 18.8. The van der Waals surface area contributed by atoms with Crippen LogP contribution in [0.5, 0.6) is 0 Å². The van der Waals surface area contributed by atoms with E-state index < -0.39 is 0 Å². The summed E-state index contributed by atoms with van der Waals surface area (Å²) < 4.78 is 0. The van der Waals surface area contributed by atoms with Crippen LogP contribution < -0.4 is 5.32 Å². The van der Waals surface area contributed by atoms with Crippen molar-refractivity contribution in [2.24, 2.45) is 11.8 Å². The molecule has 0 atom stereocenters. The van der Waals surface area contributed by atoms with Gasteiger partial charge in [0.2, 0.25) is 0 Å². The molecule has 0 bridgehead atoms. The molecule has 1 aromatic carbocycles. The fraction of sp³-hybridized carbons (Fsp3) is 0.458. The standard InChI is InChI=1S/C24H29NOS/c1-16-8-10-18(11-9-16)22-15-25-13-12-20(22)21-14-23(27-24(21)17(2)26)19-6-4-3-5-7-19/h3-7,14,16,18,25H,8-13,15H2,1-2H3. The maximum absolute atomic E-state index is 12.5. The third-order valence-electron chi connectivity index (χ3n) is 6.20. The number of ketones is 1. The first-order chi connectivity index (χ1) is 13.1. The molecule has 4 rings (SSSR count). The van der Waals surface area contributed by atoms with Gasteiger partial charge in [0.05, 0.1) is 4.88 Å². The zero-order valence-electron chi connectivity index (χ0n) is 16.4. The molecule has 0 amide bonds. The van der Waals surface area contributed by atoms with Crippen LogP contribution in [-0.4, -0.2) is 18.9 Å². The van der Waals surface area contributed by atoms with Crippen LogP contribution >= 0.6 is 11.3 Å². The van der Waals surface area contributed by atoms with Crippen LogP contribution in [0.2, 0.25) is 0 Å². The highest BCUT2D eigenvalue weighted by molar-refractivity contribution is 7.17. The Balaban J connectivity index is 1.77. The minimum Gasteiger partial charge on any atom is -0.313 e. The average molecular weight is 380 g/mol. The number of hydrogen-bond acceptors (Lipinski definition) is 3. The Kier molecular flexibility index (Phi) is 5.60. The maximum atomic E-state index is 12.5. The number of nitrogens with one attached hydrogen (secondary N) is 1. The van der Waals surface area contributed by atoms with Crippen LogP contribution in [0.3, 0.4) is 0 Å². The topological polar surface area (TPSA) is 29.1 Å². The van der Waals surface area contributed by atoms with E-state index in [2.05, 4.69) is 42.6 Å². The molecule has 1 saturated carbocycles. The summed E-state index contributed by atoms with van der Waals surface area (Å²) in [5.74, 6) is 1.74. The minimum absolute atomic E-state index is 0.194. The first-order valence-corrected chi connectivity index (χ1v) is 11.1. The summed E-state index contributed by atoms with van der Waals surface area (Å²) in [6, 6.07) is 12.7. The Morgan fingerprint density at radius 2 is 1.85 bits per heavy atom. The summed E-state index contributed by atoms with van der Waals surface area (Å²) in [4.78, 5) is 14.6. The number of Topliss-reactive ketones (excluding diaryl/α,β-unsaturated/α-hetero) is 1. The number of carbonyl (C=O) groups excluding carboxylic acids is 1. The lowest BCUT2D eigenvalue weighted by atomic mass is 9.75. The van der Waals surface area contributed by atoms with Gasteiger partial charge in [0.1, 0.15) is 0 Å². The van der Waals surface area contributed by atoms with Crippen molar-refractivity contribution in [1.29, 1.82) is 0 Å². The second-order valence-electron chi connectivity index (χ2n) is 8.16. The van der Waals surface area contributed by atoms with E-state index in [1.165, 1.54) is 47.3 Å². The summed E-state index contributed by atoms with van der Waals surface area (Å²) in [7, 11) is 0. The van der Waals surface area contributed by atoms with Crippen LogP contribution in [0.15, 0.2) is 42.0 Å². The molecule has 2 nitrogen and oxygen atoms in total. The monoisotopic (exact) mass is 379 g/mol. The Morgan fingerprint density at radius 3 is 2.56 bits per heavy atom. The molecule has 1 aliphatic heterocycles. The van der Waals surface area contributed by atoms with Crippen molar-refractivity contribution in [2.45, 2.75) is 46.0 Å². The van der Waals surface area contributed by atoms with E-state index in [1.54, 1.807) is 23.8 Å². The van der Waals surface area contributed by atoms with Gasteiger partial charge in [-0.15, -0.1) is 11.3 Å². The van der Waals surface area contributed by atoms with Crippen molar-refractivity contribution in [1.82, 2.24) is 5.32 Å². The van der Waals surface area contributed by atoms with Crippen LogP contribution in [0.4, 0.5) is 0 Å². The van der Waals surface area contributed by atoms with Gasteiger partial charge in [0.25, 0.3) is 0 Å². The van der Waals surface area contributed by atoms with Crippen LogP contribution in [0.25, 0.3) is 16.0 Å². The van der Waals surface area contributed by atoms with E-state index >= 15 is 0 Å². The van der Waals surface area contributed by atoms with Crippen molar-refractivity contribution < 1.29 is 4.79 Å². The predicted molar refractivity (Wildman–Crippen MR) is 115 cm³/mol. The van der Waals surface area contributed by atoms with Crippen molar-refractivity contribution in [2.75, 3.05) is 13.1 Å². The lowest BCUT2D eigenvalue weighted by Crippen LogP contribution is -2.30. The highest BCUT2D eigenvalue weighted by atomic mass is 32.1. The number of carbonyl (C=O) groups is 1. The minimum atomic E-state index is 0.194. The third kappa shape index (κ3) is 3.95. The number of thiophene rings is 1. The number of rotatable bonds is 4. The number of hydrogen-bond donors (Lipinski definition) is 1. The molecule has 2 aliphatic rings. The average Bonchev–Trinajstić information content (AvgIpc) is 3.15. The van der Waals surface area contributed by atoms with Gasteiger partial charge in [-0.3, -0.25) is 4.79 Å². The molecule has 0 radical (unpaired) electrons. The Morgan fingerprint density at radius 1 is 1.11 bits per heavy atom. The van der Waals surface area contributed by atoms with Crippen molar-refractivity contribution in [3.63, 3.8) is 0 Å². The molecule has 1 fully saturated rings. The summed E-state index contributed by atoms with van der Waals surface area (Å²) >= 11 is 1.66. The van der Waals surface area contributed by atoms with Gasteiger partial charge < -0.3 is 5.32 Å². The fourth-order valence-electron chi connectivity index (χ4n) is 4.63. The molecule has 27 heavy (non-hydrogen) atoms. The second-order valence-corrected chi connectivity index (χ2v) is 9.22. The van der Waals surface area contributed by atoms with Crippen LogP contribution in [0.1, 0.15) is 61.2 Å². The Hall–Kier alpha value is -1.71. The van der Waals surface area contributed by atoms with Gasteiger partial charge in [-0.2, -0.15) is 0 Å². The molecule has 0 spiro atoms. The molecule has 1 N–H and O–H groups in total. The van der Waals surface area contributed by atoms with E-state index in [-0.39, 0.29) is 5.78 Å². The third-order valence-corrected chi connectivity index (χ3v) is 7.48. The molecule has 0 saturated heterocycles. The first-order valence-electron chi connectivity index (χ1n) is 10.3. The van der Waals surface area contributed by atoms with Crippen molar-refractivity contribution in [3.05, 3.63) is 52.4 Å². The van der Waals surface area contributed by atoms with Gasteiger partial charge in [-0.25, -0.2) is 0 Å². The molecule has 142 valence electrons. The smallest absolute Gasteiger partial charge is 0.170 e. The quantitative estimate of drug-likeness (QED) is 0.642. The Bertz CT molecular complexity index is 841. The molecule has 3 heteroatoms. The fourth-order valence-corrected chi connectivity index (χ4v) is 5.72. The van der Waals surface area contributed by atoms with Crippen molar-refractivity contribution in [3.8, 4) is 10.4 Å². The van der Waals surface area contributed by atoms with Gasteiger partial charge in [0.15, 0.2) is 5.78 Å². The molecule has 2 heterocycles. The summed E-state index contributed by atoms with van der Waals surface area (Å²) in [5, 5.41) is 3.59. The zero-order valence-corrected chi connectivity index (χ0v) is 17.2. The SMILES string of the molecule is CC(=O)c1sc(-c2ccccc2)cc1C1=C(C2CCC(C)CC2)CNCC1. The lowest BCUT2D eigenvalue weighted by Gasteiger charge is -2.33. The first kappa shape index (κ1) is 18.6. The summed E-state index contributed by atoms with van der Waals surface area (Å²) in [5.41, 5.74) is 5.45. The Labute approximate surface area is 166 Å². The lowest BCUT2D eigenvalue weighted by molar-refractivity contribution is 0.102. The van der Waals surface area contributed by atoms with Gasteiger partial charge in [0, 0.05) is 11.4 Å². The van der Waals surface area contributed by atoms with E-state index in [1.807, 2.05) is 6.07 Å². The second kappa shape index (κ2) is 8.12. The molecule has 1 aliphatic carbocycles. The molecule has 1 aromatic heterocycles. The summed E-state index contributed by atoms with van der Waals surface area (Å²) in [6.45, 7) is 6.09. The number of benzene rings is 1. The van der Waals surface area contributed by atoms with Gasteiger partial charge in [-0.05, 0) is 72.9 Å². The molecule has 2 aromatic rings. The van der Waals surface area contributed by atoms with E-state index in [9.17, 15) is 4.79 Å². The maximum Gasteiger partial charge on any atom is 0.170 e. The van der Waals surface area contributed by atoms with E-state index in [0.29, 0.717) is 5.92 Å². The molecular weight excluding hydrogens is 350 g/mol. The molecular formula is C24H29NOS. The van der Waals surface area contributed by atoms with Gasteiger partial charge in [-0.1, -0.05) is 50.1 Å². The van der Waals surface area contributed by atoms with E-state index in [4.69, 9.17) is 0 Å². The van der Waals surface area contributed by atoms with Crippen LogP contribution in [0, 0.1) is 11.8 Å². The van der Waals surface area contributed by atoms with Crippen LogP contribution in [-0.2, 0) is 0 Å². The highest BCUT2D eigenvalue weighted by Crippen LogP contribution is 2.42. The normalized spacial score (nSPS) is 23.5. The predicted octanol–water partition coefficient (Wildman–Crippen LogP) is 6.19. The van der Waals surface area contributed by atoms with E-state index in [0.717, 1.165) is 30.3 Å². The molecule has 0 unspecified atom stereocenters. The summed E-state index contributed by atoms with van der Waals surface area (Å²) in [6.07, 6.45) is 6.30.